The molecule has 2 aromatic carbocycles. The van der Waals surface area contributed by atoms with Crippen LogP contribution in [0.15, 0.2) is 71.3 Å². The lowest BCUT2D eigenvalue weighted by Gasteiger charge is -2.40. The van der Waals surface area contributed by atoms with E-state index in [2.05, 4.69) is 112 Å². The Morgan fingerprint density at radius 2 is 1.66 bits per heavy atom. The third kappa shape index (κ3) is 5.15. The van der Waals surface area contributed by atoms with Gasteiger partial charge in [-0.3, -0.25) is 5.01 Å². The van der Waals surface area contributed by atoms with E-state index in [4.69, 9.17) is 5.10 Å². The van der Waals surface area contributed by atoms with Crippen molar-refractivity contribution in [2.75, 3.05) is 27.2 Å². The van der Waals surface area contributed by atoms with Gasteiger partial charge in [-0.15, -0.1) is 0 Å². The predicted octanol–water partition coefficient (Wildman–Crippen LogP) is 6.51. The maximum atomic E-state index is 5.32. The van der Waals surface area contributed by atoms with Crippen LogP contribution >= 0.6 is 0 Å². The van der Waals surface area contributed by atoms with Gasteiger partial charge in [-0.2, -0.15) is 5.10 Å². The van der Waals surface area contributed by atoms with Crippen molar-refractivity contribution in [2.45, 2.75) is 46.1 Å². The van der Waals surface area contributed by atoms with E-state index in [1.807, 2.05) is 0 Å². The van der Waals surface area contributed by atoms with Crippen molar-refractivity contribution < 1.29 is 0 Å². The molecule has 3 unspecified atom stereocenters. The summed E-state index contributed by atoms with van der Waals surface area (Å²) in [5, 5.41) is 7.73. The van der Waals surface area contributed by atoms with Gasteiger partial charge in [0.2, 0.25) is 0 Å². The summed E-state index contributed by atoms with van der Waals surface area (Å²) >= 11 is 0. The average molecular weight is 430 g/mol. The Labute approximate surface area is 194 Å². The monoisotopic (exact) mass is 429 g/mol. The maximum Gasteiger partial charge on any atom is 0.0804 e. The summed E-state index contributed by atoms with van der Waals surface area (Å²) in [6, 6.07) is 22.2. The molecule has 4 rings (SSSR count). The van der Waals surface area contributed by atoms with Crippen molar-refractivity contribution in [1.29, 1.82) is 0 Å². The molecule has 1 saturated carbocycles. The third-order valence-electron chi connectivity index (χ3n) is 7.12. The molecule has 3 atom stereocenters. The summed E-state index contributed by atoms with van der Waals surface area (Å²) in [5.74, 6) is 1.10. The quantitative estimate of drug-likeness (QED) is 0.521. The van der Waals surface area contributed by atoms with Crippen LogP contribution in [0.25, 0.3) is 6.08 Å². The predicted molar refractivity (Wildman–Crippen MR) is 137 cm³/mol. The molecule has 1 heterocycles. The van der Waals surface area contributed by atoms with Crippen molar-refractivity contribution in [3.63, 3.8) is 0 Å². The van der Waals surface area contributed by atoms with Crippen LogP contribution in [0.2, 0.25) is 0 Å². The number of hydrogen-bond donors (Lipinski definition) is 0. The van der Waals surface area contributed by atoms with Gasteiger partial charge in [-0.1, -0.05) is 81.4 Å². The van der Waals surface area contributed by atoms with Crippen LogP contribution < -0.4 is 0 Å². The first-order valence-electron chi connectivity index (χ1n) is 12.1. The molecule has 2 aliphatic rings. The Balaban J connectivity index is 1.73. The van der Waals surface area contributed by atoms with E-state index >= 15 is 0 Å². The molecule has 1 aliphatic carbocycles. The van der Waals surface area contributed by atoms with Gasteiger partial charge in [-0.05, 0) is 74.0 Å². The fourth-order valence-corrected chi connectivity index (χ4v) is 5.27. The molecule has 0 spiro atoms. The average Bonchev–Trinajstić information content (AvgIpc) is 3.13. The number of rotatable bonds is 6. The lowest BCUT2D eigenvalue weighted by Crippen LogP contribution is -2.36. The Morgan fingerprint density at radius 1 is 1.00 bits per heavy atom. The molecule has 1 aliphatic heterocycles. The highest BCUT2D eigenvalue weighted by molar-refractivity contribution is 6.07. The minimum absolute atomic E-state index is 0.279. The van der Waals surface area contributed by atoms with E-state index < -0.39 is 0 Å². The van der Waals surface area contributed by atoms with Crippen LogP contribution in [0.3, 0.4) is 0 Å². The van der Waals surface area contributed by atoms with Gasteiger partial charge in [0.15, 0.2) is 0 Å². The summed E-state index contributed by atoms with van der Waals surface area (Å²) in [7, 11) is 4.30. The highest BCUT2D eigenvalue weighted by Crippen LogP contribution is 2.50. The second-order valence-electron chi connectivity index (χ2n) is 10.9. The summed E-state index contributed by atoms with van der Waals surface area (Å²) in [5.41, 5.74) is 5.72. The molecule has 1 fully saturated rings. The SMILES string of the molecule is CN(C)CCCN1N=C2/C(=C\c3ccccc3)CC(C(C)(C)C)CC2C1c1ccccc1. The molecule has 3 nitrogen and oxygen atoms in total. The largest absolute Gasteiger partial charge is 0.309 e. The Morgan fingerprint density at radius 3 is 2.28 bits per heavy atom. The van der Waals surface area contributed by atoms with E-state index in [-0.39, 0.29) is 5.41 Å². The summed E-state index contributed by atoms with van der Waals surface area (Å²) in [6.45, 7) is 9.30. The molecule has 32 heavy (non-hydrogen) atoms. The van der Waals surface area contributed by atoms with Crippen LogP contribution in [0.4, 0.5) is 0 Å². The van der Waals surface area contributed by atoms with Gasteiger partial charge in [0.25, 0.3) is 0 Å². The molecular weight excluding hydrogens is 390 g/mol. The van der Waals surface area contributed by atoms with Gasteiger partial charge in [0.05, 0.1) is 11.8 Å². The van der Waals surface area contributed by atoms with Gasteiger partial charge in [0.1, 0.15) is 0 Å². The van der Waals surface area contributed by atoms with Crippen LogP contribution in [0.5, 0.6) is 0 Å². The normalized spacial score (nSPS) is 24.7. The fourth-order valence-electron chi connectivity index (χ4n) is 5.27. The second-order valence-corrected chi connectivity index (χ2v) is 10.9. The highest BCUT2D eigenvalue weighted by atomic mass is 15.5. The molecular formula is C29H39N3. The number of hydrogen-bond acceptors (Lipinski definition) is 3. The lowest BCUT2D eigenvalue weighted by molar-refractivity contribution is 0.148. The fraction of sp³-hybridized carbons (Fsp3) is 0.483. The second kappa shape index (κ2) is 9.62. The number of benzene rings is 2. The van der Waals surface area contributed by atoms with E-state index in [0.29, 0.717) is 17.9 Å². The van der Waals surface area contributed by atoms with Gasteiger partial charge < -0.3 is 4.90 Å². The Bertz CT molecular complexity index is 937. The van der Waals surface area contributed by atoms with E-state index in [9.17, 15) is 0 Å². The van der Waals surface area contributed by atoms with Crippen LogP contribution in [0.1, 0.15) is 57.2 Å². The molecule has 0 saturated heterocycles. The number of allylic oxidation sites excluding steroid dienone is 1. The lowest BCUT2D eigenvalue weighted by atomic mass is 9.65. The van der Waals surface area contributed by atoms with E-state index in [1.54, 1.807) is 0 Å². The zero-order valence-corrected chi connectivity index (χ0v) is 20.5. The Hall–Kier alpha value is -2.39. The summed E-state index contributed by atoms with van der Waals surface area (Å²) in [4.78, 5) is 2.27. The minimum atomic E-state index is 0.279. The van der Waals surface area contributed by atoms with Crippen LogP contribution in [-0.2, 0) is 0 Å². The van der Waals surface area contributed by atoms with Crippen molar-refractivity contribution >= 4 is 11.8 Å². The molecule has 0 bridgehead atoms. The third-order valence-corrected chi connectivity index (χ3v) is 7.12. The minimum Gasteiger partial charge on any atom is -0.309 e. The van der Waals surface area contributed by atoms with Crippen molar-refractivity contribution in [3.8, 4) is 0 Å². The smallest absolute Gasteiger partial charge is 0.0804 e. The molecule has 0 N–H and O–H groups in total. The number of hydrazone groups is 1. The van der Waals surface area contributed by atoms with Crippen molar-refractivity contribution in [1.82, 2.24) is 9.91 Å². The first-order chi connectivity index (χ1) is 15.3. The van der Waals surface area contributed by atoms with Crippen molar-refractivity contribution in [3.05, 3.63) is 77.4 Å². The first-order valence-corrected chi connectivity index (χ1v) is 12.1. The zero-order chi connectivity index (χ0) is 22.7. The molecule has 2 aromatic rings. The van der Waals surface area contributed by atoms with Gasteiger partial charge in [-0.25, -0.2) is 0 Å². The molecule has 3 heteroatoms. The van der Waals surface area contributed by atoms with E-state index in [0.717, 1.165) is 25.9 Å². The van der Waals surface area contributed by atoms with Gasteiger partial charge >= 0.3 is 0 Å². The van der Waals surface area contributed by atoms with Crippen molar-refractivity contribution in [2.24, 2.45) is 22.4 Å². The number of fused-ring (bicyclic) bond motifs is 1. The van der Waals surface area contributed by atoms with Gasteiger partial charge in [0, 0.05) is 12.5 Å². The molecule has 0 amide bonds. The van der Waals surface area contributed by atoms with E-state index in [1.165, 1.54) is 28.8 Å². The summed E-state index contributed by atoms with van der Waals surface area (Å²) in [6.07, 6.45) is 5.84. The first kappa shape index (κ1) is 22.8. The van der Waals surface area contributed by atoms with Crippen LogP contribution in [-0.4, -0.2) is 42.8 Å². The molecule has 0 aromatic heterocycles. The number of nitrogens with zero attached hydrogens (tertiary/aromatic N) is 3. The standard InChI is InChI=1S/C29H39N3/c1-29(2,3)25-20-24(19-22-13-8-6-9-14-22)27-26(21-25)28(23-15-10-7-11-16-23)32(30-27)18-12-17-31(4)5/h6-11,13-16,19,25-26,28H,12,17-18,20-21H2,1-5H3/b24-19-. The zero-order valence-electron chi connectivity index (χ0n) is 20.5. The molecule has 0 radical (unpaired) electrons. The maximum absolute atomic E-state index is 5.32. The summed E-state index contributed by atoms with van der Waals surface area (Å²) < 4.78 is 0. The highest BCUT2D eigenvalue weighted by Gasteiger charge is 2.45. The molecule has 170 valence electrons. The van der Waals surface area contributed by atoms with Crippen LogP contribution in [0, 0.1) is 17.3 Å². The Kier molecular flexibility index (Phi) is 6.85. The topological polar surface area (TPSA) is 18.8 Å².